The van der Waals surface area contributed by atoms with Gasteiger partial charge in [-0.25, -0.2) is 0 Å². The zero-order valence-electron chi connectivity index (χ0n) is 15.6. The van der Waals surface area contributed by atoms with Crippen LogP contribution in [0.4, 0.5) is 0 Å². The first-order chi connectivity index (χ1) is 13.1. The van der Waals surface area contributed by atoms with Gasteiger partial charge in [-0.2, -0.15) is 0 Å². The molecular weight excluding hydrogens is 338 g/mol. The third-order valence-corrected chi connectivity index (χ3v) is 4.75. The van der Waals surface area contributed by atoms with Gasteiger partial charge in [0.1, 0.15) is 6.61 Å². The van der Waals surface area contributed by atoms with Crippen molar-refractivity contribution in [3.63, 3.8) is 0 Å². The number of hydrogen-bond donors (Lipinski definition) is 2. The van der Waals surface area contributed by atoms with Gasteiger partial charge in [0.25, 0.3) is 0 Å². The van der Waals surface area contributed by atoms with E-state index in [0.29, 0.717) is 0 Å². The van der Waals surface area contributed by atoms with E-state index in [-0.39, 0.29) is 18.6 Å². The minimum atomic E-state index is -0.818. The lowest BCUT2D eigenvalue weighted by atomic mass is 9.95. The summed E-state index contributed by atoms with van der Waals surface area (Å²) in [5.41, 5.74) is 1.92. The monoisotopic (exact) mass is 363 g/mol. The van der Waals surface area contributed by atoms with Crippen molar-refractivity contribution in [2.24, 2.45) is 0 Å². The van der Waals surface area contributed by atoms with Gasteiger partial charge in [-0.05, 0) is 28.8 Å². The maximum Gasteiger partial charge on any atom is 0.302 e. The molecule has 0 bridgehead atoms. The van der Waals surface area contributed by atoms with Gasteiger partial charge < -0.3 is 15.2 Å². The maximum atomic E-state index is 11.3. The predicted octanol–water partition coefficient (Wildman–Crippen LogP) is 4.16. The second-order valence-electron chi connectivity index (χ2n) is 6.72. The number of fused-ring (bicyclic) bond motifs is 1. The van der Waals surface area contributed by atoms with E-state index in [9.17, 15) is 9.90 Å². The molecule has 3 atom stereocenters. The van der Waals surface area contributed by atoms with Crippen molar-refractivity contribution in [2.45, 2.75) is 32.0 Å². The van der Waals surface area contributed by atoms with Crippen molar-refractivity contribution in [1.29, 1.82) is 0 Å². The van der Waals surface area contributed by atoms with Gasteiger partial charge in [-0.15, -0.1) is 0 Å². The average Bonchev–Trinajstić information content (AvgIpc) is 2.70. The molecule has 0 aliphatic carbocycles. The summed E-state index contributed by atoms with van der Waals surface area (Å²) in [6.45, 7) is 3.50. The lowest BCUT2D eigenvalue weighted by Gasteiger charge is -2.28. The van der Waals surface area contributed by atoms with Crippen molar-refractivity contribution in [3.05, 3.63) is 83.9 Å². The molecule has 4 nitrogen and oxygen atoms in total. The Labute approximate surface area is 159 Å². The van der Waals surface area contributed by atoms with Crippen molar-refractivity contribution >= 4 is 16.7 Å². The summed E-state index contributed by atoms with van der Waals surface area (Å²) in [6.07, 6.45) is -0.818. The van der Waals surface area contributed by atoms with Crippen LogP contribution in [0.5, 0.6) is 0 Å². The number of aliphatic hydroxyl groups excluding tert-OH is 1. The van der Waals surface area contributed by atoms with Crippen LogP contribution in [0.3, 0.4) is 0 Å². The normalized spacial score (nSPS) is 14.5. The molecule has 3 aromatic carbocycles. The van der Waals surface area contributed by atoms with Crippen LogP contribution < -0.4 is 5.32 Å². The molecule has 0 heterocycles. The first-order valence-corrected chi connectivity index (χ1v) is 9.16. The summed E-state index contributed by atoms with van der Waals surface area (Å²) in [4.78, 5) is 11.3. The van der Waals surface area contributed by atoms with Crippen molar-refractivity contribution in [2.75, 3.05) is 6.61 Å². The van der Waals surface area contributed by atoms with E-state index in [4.69, 9.17) is 4.74 Å². The highest BCUT2D eigenvalue weighted by molar-refractivity contribution is 5.86. The molecule has 0 spiro atoms. The molecule has 140 valence electrons. The molecule has 0 aromatic heterocycles. The Morgan fingerprint density at radius 2 is 1.67 bits per heavy atom. The Morgan fingerprint density at radius 3 is 2.41 bits per heavy atom. The molecule has 0 amide bonds. The molecular formula is C23H25NO3. The van der Waals surface area contributed by atoms with E-state index in [2.05, 4.69) is 5.32 Å². The topological polar surface area (TPSA) is 58.6 Å². The standard InChI is InChI=1S/C23H25NO3/c1-16(18-9-4-3-5-10-18)24-22(15-27-17(2)25)23(26)21-14-8-12-19-11-6-7-13-20(19)21/h3-14,16,22-24,26H,15H2,1-2H3/t16-,22+,23+/m0/s1. The van der Waals surface area contributed by atoms with Crippen LogP contribution in [-0.4, -0.2) is 23.7 Å². The SMILES string of the molecule is CC(=O)OC[C@@H](N[C@@H](C)c1ccccc1)[C@H](O)c1cccc2ccccc12. The number of hydrogen-bond acceptors (Lipinski definition) is 4. The van der Waals surface area contributed by atoms with E-state index >= 15 is 0 Å². The van der Waals surface area contributed by atoms with Crippen molar-refractivity contribution in [3.8, 4) is 0 Å². The quantitative estimate of drug-likeness (QED) is 0.619. The Balaban J connectivity index is 1.88. The lowest BCUT2D eigenvalue weighted by molar-refractivity contribution is -0.142. The van der Waals surface area contributed by atoms with Crippen LogP contribution in [0.25, 0.3) is 10.8 Å². The largest absolute Gasteiger partial charge is 0.464 e. The highest BCUT2D eigenvalue weighted by Gasteiger charge is 2.25. The Morgan fingerprint density at radius 1 is 1.00 bits per heavy atom. The Bertz CT molecular complexity index is 889. The maximum absolute atomic E-state index is 11.3. The molecule has 0 unspecified atom stereocenters. The molecule has 27 heavy (non-hydrogen) atoms. The first-order valence-electron chi connectivity index (χ1n) is 9.16. The Kier molecular flexibility index (Phi) is 6.22. The van der Waals surface area contributed by atoms with Gasteiger partial charge in [0.15, 0.2) is 0 Å². The number of esters is 1. The number of benzene rings is 3. The fraction of sp³-hybridized carbons (Fsp3) is 0.261. The second-order valence-corrected chi connectivity index (χ2v) is 6.72. The van der Waals surface area contributed by atoms with Gasteiger partial charge in [0, 0.05) is 13.0 Å². The molecule has 0 aliphatic rings. The van der Waals surface area contributed by atoms with Crippen LogP contribution >= 0.6 is 0 Å². The minimum absolute atomic E-state index is 0.00335. The van der Waals surface area contributed by atoms with E-state index in [1.54, 1.807) is 0 Å². The zero-order chi connectivity index (χ0) is 19.2. The number of ether oxygens (including phenoxy) is 1. The summed E-state index contributed by atoms with van der Waals surface area (Å²) in [5, 5.41) is 16.6. The van der Waals surface area contributed by atoms with Gasteiger partial charge >= 0.3 is 5.97 Å². The fourth-order valence-corrected chi connectivity index (χ4v) is 3.32. The second kappa shape index (κ2) is 8.80. The number of carbonyl (C=O) groups excluding carboxylic acids is 1. The molecule has 3 aromatic rings. The van der Waals surface area contributed by atoms with E-state index < -0.39 is 12.1 Å². The number of nitrogens with one attached hydrogen (secondary N) is 1. The summed E-state index contributed by atoms with van der Waals surface area (Å²) in [5.74, 6) is -0.362. The van der Waals surface area contributed by atoms with Crippen LogP contribution in [0.2, 0.25) is 0 Å². The minimum Gasteiger partial charge on any atom is -0.464 e. The molecule has 0 aliphatic heterocycles. The summed E-state index contributed by atoms with van der Waals surface area (Å²) in [6, 6.07) is 23.4. The van der Waals surface area contributed by atoms with Crippen LogP contribution in [-0.2, 0) is 9.53 Å². The fourth-order valence-electron chi connectivity index (χ4n) is 3.32. The van der Waals surface area contributed by atoms with Crippen LogP contribution in [0.1, 0.15) is 37.1 Å². The number of aliphatic hydroxyl groups is 1. The molecule has 0 fully saturated rings. The summed E-state index contributed by atoms with van der Waals surface area (Å²) < 4.78 is 5.23. The zero-order valence-corrected chi connectivity index (χ0v) is 15.6. The summed E-state index contributed by atoms with van der Waals surface area (Å²) in [7, 11) is 0. The average molecular weight is 363 g/mol. The van der Waals surface area contributed by atoms with Gasteiger partial charge in [0.2, 0.25) is 0 Å². The van der Waals surface area contributed by atoms with E-state index in [1.165, 1.54) is 6.92 Å². The van der Waals surface area contributed by atoms with Crippen LogP contribution in [0.15, 0.2) is 72.8 Å². The smallest absolute Gasteiger partial charge is 0.302 e. The third kappa shape index (κ3) is 4.73. The third-order valence-electron chi connectivity index (χ3n) is 4.75. The van der Waals surface area contributed by atoms with Crippen molar-refractivity contribution < 1.29 is 14.6 Å². The van der Waals surface area contributed by atoms with Crippen LogP contribution in [0, 0.1) is 0 Å². The lowest BCUT2D eigenvalue weighted by Crippen LogP contribution is -2.41. The van der Waals surface area contributed by atoms with Gasteiger partial charge in [0.05, 0.1) is 12.1 Å². The highest BCUT2D eigenvalue weighted by Crippen LogP contribution is 2.27. The summed E-state index contributed by atoms with van der Waals surface area (Å²) >= 11 is 0. The first kappa shape index (κ1) is 19.1. The van der Waals surface area contributed by atoms with E-state index in [1.807, 2.05) is 79.7 Å². The number of rotatable bonds is 7. The van der Waals surface area contributed by atoms with Crippen molar-refractivity contribution in [1.82, 2.24) is 5.32 Å². The Hall–Kier alpha value is -2.69. The molecule has 4 heteroatoms. The number of carbonyl (C=O) groups is 1. The van der Waals surface area contributed by atoms with E-state index in [0.717, 1.165) is 21.9 Å². The van der Waals surface area contributed by atoms with Gasteiger partial charge in [-0.1, -0.05) is 72.8 Å². The molecule has 3 rings (SSSR count). The molecule has 2 N–H and O–H groups in total. The molecule has 0 saturated carbocycles. The molecule has 0 radical (unpaired) electrons. The molecule has 0 saturated heterocycles. The predicted molar refractivity (Wildman–Crippen MR) is 107 cm³/mol. The van der Waals surface area contributed by atoms with Gasteiger partial charge in [-0.3, -0.25) is 4.79 Å². The highest BCUT2D eigenvalue weighted by atomic mass is 16.5.